The molecule has 1 atom stereocenters. The van der Waals surface area contributed by atoms with Gasteiger partial charge in [0.2, 0.25) is 11.8 Å². The topological polar surface area (TPSA) is 76.0 Å². The van der Waals surface area contributed by atoms with E-state index >= 15 is 0 Å². The van der Waals surface area contributed by atoms with Gasteiger partial charge in [0, 0.05) is 19.2 Å². The van der Waals surface area contributed by atoms with Crippen molar-refractivity contribution in [1.29, 1.82) is 0 Å². The highest BCUT2D eigenvalue weighted by molar-refractivity contribution is 5.97. The quantitative estimate of drug-likeness (QED) is 0.831. The van der Waals surface area contributed by atoms with Crippen LogP contribution in [0.1, 0.15) is 35.9 Å². The second-order valence-corrected chi connectivity index (χ2v) is 6.53. The molecule has 0 saturated carbocycles. The van der Waals surface area contributed by atoms with E-state index in [-0.39, 0.29) is 18.0 Å². The Morgan fingerprint density at radius 1 is 1.27 bits per heavy atom. The minimum Gasteiger partial charge on any atom is -0.345 e. The van der Waals surface area contributed by atoms with E-state index in [0.717, 1.165) is 22.5 Å². The maximum Gasteiger partial charge on any atom is 0.246 e. The Bertz CT molecular complexity index is 829. The Kier molecular flexibility index (Phi) is 6.13. The number of halogens is 1. The van der Waals surface area contributed by atoms with Gasteiger partial charge < -0.3 is 10.6 Å². The SMILES string of the molecule is Cc1ccc(NC(=O)C(C)NC(=O)CCc2c(C)nn(C)c2C)c(F)c1. The molecule has 7 heteroatoms. The van der Waals surface area contributed by atoms with Crippen LogP contribution in [0, 0.1) is 26.6 Å². The van der Waals surface area contributed by atoms with Crippen LogP contribution in [0.5, 0.6) is 0 Å². The molecule has 140 valence electrons. The summed E-state index contributed by atoms with van der Waals surface area (Å²) in [5.74, 6) is -1.20. The fourth-order valence-electron chi connectivity index (χ4n) is 2.76. The Balaban J connectivity index is 1.88. The fourth-order valence-corrected chi connectivity index (χ4v) is 2.76. The number of hydrogen-bond donors (Lipinski definition) is 2. The molecule has 2 N–H and O–H groups in total. The molecule has 0 aliphatic carbocycles. The van der Waals surface area contributed by atoms with Crippen molar-refractivity contribution < 1.29 is 14.0 Å². The summed E-state index contributed by atoms with van der Waals surface area (Å²) in [6, 6.07) is 3.79. The molecule has 0 aliphatic heterocycles. The Morgan fingerprint density at radius 2 is 1.96 bits per heavy atom. The van der Waals surface area contributed by atoms with Gasteiger partial charge >= 0.3 is 0 Å². The van der Waals surface area contributed by atoms with Gasteiger partial charge in [-0.15, -0.1) is 0 Å². The van der Waals surface area contributed by atoms with Crippen molar-refractivity contribution in [3.63, 3.8) is 0 Å². The average Bonchev–Trinajstić information content (AvgIpc) is 2.80. The first-order valence-corrected chi connectivity index (χ1v) is 8.54. The molecule has 0 saturated heterocycles. The van der Waals surface area contributed by atoms with Gasteiger partial charge in [0.25, 0.3) is 0 Å². The van der Waals surface area contributed by atoms with E-state index in [9.17, 15) is 14.0 Å². The van der Waals surface area contributed by atoms with Gasteiger partial charge in [-0.1, -0.05) is 6.07 Å². The van der Waals surface area contributed by atoms with Gasteiger partial charge in [-0.3, -0.25) is 14.3 Å². The molecular formula is C19H25FN4O2. The highest BCUT2D eigenvalue weighted by atomic mass is 19.1. The summed E-state index contributed by atoms with van der Waals surface area (Å²) in [7, 11) is 1.86. The van der Waals surface area contributed by atoms with Crippen molar-refractivity contribution in [2.24, 2.45) is 7.05 Å². The second kappa shape index (κ2) is 8.12. The van der Waals surface area contributed by atoms with Gasteiger partial charge in [-0.2, -0.15) is 5.10 Å². The summed E-state index contributed by atoms with van der Waals surface area (Å²) in [5.41, 5.74) is 3.84. The van der Waals surface area contributed by atoms with E-state index < -0.39 is 17.8 Å². The molecule has 0 spiro atoms. The van der Waals surface area contributed by atoms with E-state index in [1.54, 1.807) is 24.6 Å². The molecule has 0 radical (unpaired) electrons. The highest BCUT2D eigenvalue weighted by Crippen LogP contribution is 2.16. The Labute approximate surface area is 152 Å². The van der Waals surface area contributed by atoms with Crippen LogP contribution < -0.4 is 10.6 Å². The maximum absolute atomic E-state index is 13.8. The zero-order chi connectivity index (χ0) is 19.4. The molecule has 2 rings (SSSR count). The molecule has 2 amide bonds. The summed E-state index contributed by atoms with van der Waals surface area (Å²) in [5, 5.41) is 9.47. The number of nitrogens with one attached hydrogen (secondary N) is 2. The molecule has 26 heavy (non-hydrogen) atoms. The predicted molar refractivity (Wildman–Crippen MR) is 98.4 cm³/mol. The number of carbonyl (C=O) groups is 2. The monoisotopic (exact) mass is 360 g/mol. The first-order valence-electron chi connectivity index (χ1n) is 8.54. The van der Waals surface area contributed by atoms with E-state index in [0.29, 0.717) is 6.42 Å². The van der Waals surface area contributed by atoms with Crippen LogP contribution in [-0.2, 0) is 23.1 Å². The Morgan fingerprint density at radius 3 is 2.54 bits per heavy atom. The molecule has 0 fully saturated rings. The van der Waals surface area contributed by atoms with Gasteiger partial charge in [-0.05, 0) is 57.4 Å². The Hall–Kier alpha value is -2.70. The molecule has 1 aromatic carbocycles. The summed E-state index contributed by atoms with van der Waals surface area (Å²) in [6.45, 7) is 7.20. The number of hydrogen-bond acceptors (Lipinski definition) is 3. The van der Waals surface area contributed by atoms with Crippen LogP contribution in [0.3, 0.4) is 0 Å². The molecule has 0 bridgehead atoms. The smallest absolute Gasteiger partial charge is 0.246 e. The standard InChI is InChI=1S/C19H25FN4O2/c1-11-6-8-17(16(20)10-11)22-19(26)13(3)21-18(25)9-7-15-12(2)23-24(5)14(15)4/h6,8,10,13H,7,9H2,1-5H3,(H,21,25)(H,22,26). The zero-order valence-corrected chi connectivity index (χ0v) is 15.8. The number of aromatic nitrogens is 2. The van der Waals surface area contributed by atoms with Crippen molar-refractivity contribution in [2.45, 2.75) is 46.6 Å². The van der Waals surface area contributed by atoms with Gasteiger partial charge in [0.1, 0.15) is 11.9 Å². The van der Waals surface area contributed by atoms with Crippen LogP contribution in [0.25, 0.3) is 0 Å². The van der Waals surface area contributed by atoms with Crippen molar-refractivity contribution in [1.82, 2.24) is 15.1 Å². The third-order valence-electron chi connectivity index (χ3n) is 4.41. The molecule has 2 aromatic rings. The predicted octanol–water partition coefficient (Wildman–Crippen LogP) is 2.56. The van der Waals surface area contributed by atoms with E-state index in [4.69, 9.17) is 0 Å². The summed E-state index contributed by atoms with van der Waals surface area (Å²) >= 11 is 0. The van der Waals surface area contributed by atoms with Gasteiger partial charge in [0.05, 0.1) is 11.4 Å². The zero-order valence-electron chi connectivity index (χ0n) is 15.8. The number of amides is 2. The molecule has 6 nitrogen and oxygen atoms in total. The van der Waals surface area contributed by atoms with Crippen LogP contribution >= 0.6 is 0 Å². The van der Waals surface area contributed by atoms with Crippen molar-refractivity contribution >= 4 is 17.5 Å². The normalized spacial score (nSPS) is 11.9. The van der Waals surface area contributed by atoms with Gasteiger partial charge in [0.15, 0.2) is 0 Å². The second-order valence-electron chi connectivity index (χ2n) is 6.53. The first-order chi connectivity index (χ1) is 12.2. The largest absolute Gasteiger partial charge is 0.345 e. The average molecular weight is 360 g/mol. The minimum absolute atomic E-state index is 0.100. The van der Waals surface area contributed by atoms with E-state index in [1.807, 2.05) is 20.9 Å². The van der Waals surface area contributed by atoms with E-state index in [1.165, 1.54) is 12.1 Å². The summed E-state index contributed by atoms with van der Waals surface area (Å²) < 4.78 is 15.6. The molecule has 1 heterocycles. The lowest BCUT2D eigenvalue weighted by Gasteiger charge is -2.15. The first kappa shape index (κ1) is 19.6. The van der Waals surface area contributed by atoms with Crippen molar-refractivity contribution in [3.05, 3.63) is 46.5 Å². The maximum atomic E-state index is 13.8. The van der Waals surface area contributed by atoms with Crippen molar-refractivity contribution in [2.75, 3.05) is 5.32 Å². The number of rotatable bonds is 6. The minimum atomic E-state index is -0.765. The fraction of sp³-hybridized carbons (Fsp3) is 0.421. The number of aryl methyl sites for hydroxylation is 3. The lowest BCUT2D eigenvalue weighted by atomic mass is 10.1. The van der Waals surface area contributed by atoms with Gasteiger partial charge in [-0.25, -0.2) is 4.39 Å². The molecule has 1 aromatic heterocycles. The van der Waals surface area contributed by atoms with Crippen molar-refractivity contribution in [3.8, 4) is 0 Å². The molecule has 1 unspecified atom stereocenters. The number of benzene rings is 1. The third-order valence-corrected chi connectivity index (χ3v) is 4.41. The number of carbonyl (C=O) groups excluding carboxylic acids is 2. The molecular weight excluding hydrogens is 335 g/mol. The lowest BCUT2D eigenvalue weighted by Crippen LogP contribution is -2.41. The lowest BCUT2D eigenvalue weighted by molar-refractivity contribution is -0.126. The van der Waals surface area contributed by atoms with Crippen LogP contribution in [0.4, 0.5) is 10.1 Å². The number of anilines is 1. The third kappa shape index (κ3) is 4.68. The van der Waals surface area contributed by atoms with Crippen LogP contribution in [0.15, 0.2) is 18.2 Å². The summed E-state index contributed by atoms with van der Waals surface area (Å²) in [4.78, 5) is 24.3. The highest BCUT2D eigenvalue weighted by Gasteiger charge is 2.18. The van der Waals surface area contributed by atoms with Crippen LogP contribution in [-0.4, -0.2) is 27.6 Å². The van der Waals surface area contributed by atoms with Crippen LogP contribution in [0.2, 0.25) is 0 Å². The van der Waals surface area contributed by atoms with E-state index in [2.05, 4.69) is 15.7 Å². The molecule has 0 aliphatic rings. The summed E-state index contributed by atoms with van der Waals surface area (Å²) in [6.07, 6.45) is 0.808. The number of nitrogens with zero attached hydrogens (tertiary/aromatic N) is 2.